The van der Waals surface area contributed by atoms with E-state index in [4.69, 9.17) is 9.72 Å². The molecular weight excluding hydrogens is 419 g/mol. The van der Waals surface area contributed by atoms with Gasteiger partial charge >= 0.3 is 6.18 Å². The molecule has 0 amide bonds. The molecule has 2 fully saturated rings. The molecule has 1 aliphatic carbocycles. The van der Waals surface area contributed by atoms with Crippen molar-refractivity contribution in [3.63, 3.8) is 0 Å². The fourth-order valence-electron chi connectivity index (χ4n) is 4.48. The van der Waals surface area contributed by atoms with Gasteiger partial charge in [-0.25, -0.2) is 9.97 Å². The number of aromatic nitrogens is 4. The number of hydrogen-bond donors (Lipinski definition) is 0. The van der Waals surface area contributed by atoms with Gasteiger partial charge in [0, 0.05) is 35.4 Å². The topological polar surface area (TPSA) is 64.0 Å². The molecule has 6 nitrogen and oxygen atoms in total. The Bertz CT molecular complexity index is 1150. The van der Waals surface area contributed by atoms with Crippen LogP contribution in [0.15, 0.2) is 30.5 Å². The lowest BCUT2D eigenvalue weighted by Gasteiger charge is -2.37. The lowest BCUT2D eigenvalue weighted by Crippen LogP contribution is -2.40. The number of anilines is 1. The van der Waals surface area contributed by atoms with Crippen molar-refractivity contribution in [2.75, 3.05) is 24.6 Å². The van der Waals surface area contributed by atoms with Crippen molar-refractivity contribution in [1.29, 1.82) is 0 Å². The van der Waals surface area contributed by atoms with Crippen molar-refractivity contribution in [3.05, 3.63) is 53.1 Å². The van der Waals surface area contributed by atoms with Gasteiger partial charge in [0.2, 0.25) is 5.95 Å². The standard InChI is InChI=1S/C23H24F3N5O/c1-13-3-4-18-20(16-10-17(11-16)23(24,25)26)29-22(30-21(18)28-13)31-7-8-32-19(12-31)15-5-6-27-14(2)9-15/h3-6,9,16-17,19H,7-8,10-12H2,1-2H3/t16-,17+,19-/m1/s1. The number of fused-ring (bicyclic) bond motifs is 1. The molecule has 0 spiro atoms. The van der Waals surface area contributed by atoms with Crippen LogP contribution in [0.1, 0.15) is 47.5 Å². The summed E-state index contributed by atoms with van der Waals surface area (Å²) in [5, 5.41) is 0.736. The van der Waals surface area contributed by atoms with Crippen molar-refractivity contribution in [2.45, 2.75) is 44.9 Å². The van der Waals surface area contributed by atoms with Gasteiger partial charge in [-0.05, 0) is 56.5 Å². The minimum Gasteiger partial charge on any atom is -0.370 e. The second-order valence-electron chi connectivity index (χ2n) is 8.68. The Labute approximate surface area is 183 Å². The molecule has 0 N–H and O–H groups in total. The molecule has 0 radical (unpaired) electrons. The summed E-state index contributed by atoms with van der Waals surface area (Å²) in [4.78, 5) is 20.3. The summed E-state index contributed by atoms with van der Waals surface area (Å²) in [6.45, 7) is 5.47. The van der Waals surface area contributed by atoms with Gasteiger partial charge in [-0.2, -0.15) is 18.2 Å². The number of alkyl halides is 3. The molecule has 1 atom stereocenters. The fraction of sp³-hybridized carbons (Fsp3) is 0.478. The maximum Gasteiger partial charge on any atom is 0.391 e. The highest BCUT2D eigenvalue weighted by Crippen LogP contribution is 2.50. The predicted molar refractivity (Wildman–Crippen MR) is 113 cm³/mol. The maximum absolute atomic E-state index is 13.1. The molecule has 9 heteroatoms. The van der Waals surface area contributed by atoms with Crippen LogP contribution >= 0.6 is 0 Å². The van der Waals surface area contributed by atoms with E-state index in [1.165, 1.54) is 0 Å². The SMILES string of the molecule is Cc1cc([C@H]2CN(c3nc4nc(C)ccc4c([C@H]4C[C@@H](C(F)(F)F)C4)n3)CCO2)ccn1. The lowest BCUT2D eigenvalue weighted by atomic mass is 9.72. The zero-order valence-electron chi connectivity index (χ0n) is 17.9. The summed E-state index contributed by atoms with van der Waals surface area (Å²) in [6, 6.07) is 7.66. The Morgan fingerprint density at radius 1 is 1.03 bits per heavy atom. The summed E-state index contributed by atoms with van der Waals surface area (Å²) in [7, 11) is 0. The average Bonchev–Trinajstić information content (AvgIpc) is 2.71. The number of rotatable bonds is 3. The molecule has 0 bridgehead atoms. The van der Waals surface area contributed by atoms with Gasteiger partial charge in [-0.1, -0.05) is 0 Å². The molecule has 5 rings (SSSR count). The monoisotopic (exact) mass is 443 g/mol. The van der Waals surface area contributed by atoms with Crippen LogP contribution in [0.3, 0.4) is 0 Å². The first-order chi connectivity index (χ1) is 15.3. The minimum atomic E-state index is -4.16. The van der Waals surface area contributed by atoms with E-state index in [2.05, 4.69) is 15.0 Å². The minimum absolute atomic E-state index is 0.0605. The van der Waals surface area contributed by atoms with E-state index >= 15 is 0 Å². The molecule has 1 aliphatic heterocycles. The summed E-state index contributed by atoms with van der Waals surface area (Å²) in [6.07, 6.45) is -2.43. The second-order valence-corrected chi connectivity index (χ2v) is 8.68. The second kappa shape index (κ2) is 7.95. The van der Waals surface area contributed by atoms with Crippen LogP contribution in [0.4, 0.5) is 19.1 Å². The molecule has 4 heterocycles. The third-order valence-corrected chi connectivity index (χ3v) is 6.35. The van der Waals surface area contributed by atoms with Gasteiger partial charge in [-0.15, -0.1) is 0 Å². The van der Waals surface area contributed by atoms with Crippen molar-refractivity contribution >= 4 is 17.0 Å². The van der Waals surface area contributed by atoms with E-state index in [1.807, 2.05) is 43.0 Å². The van der Waals surface area contributed by atoms with E-state index < -0.39 is 12.1 Å². The highest BCUT2D eigenvalue weighted by atomic mass is 19.4. The summed E-state index contributed by atoms with van der Waals surface area (Å²) in [5.74, 6) is -1.00. The third kappa shape index (κ3) is 4.01. The molecule has 3 aromatic rings. The Hall–Kier alpha value is -2.81. The van der Waals surface area contributed by atoms with E-state index in [-0.39, 0.29) is 24.9 Å². The molecule has 2 aliphatic rings. The van der Waals surface area contributed by atoms with Gasteiger partial charge in [0.15, 0.2) is 5.65 Å². The molecular formula is C23H24F3N5O. The first kappa shape index (κ1) is 21.1. The van der Waals surface area contributed by atoms with Crippen molar-refractivity contribution in [2.24, 2.45) is 5.92 Å². The Morgan fingerprint density at radius 3 is 2.59 bits per heavy atom. The zero-order chi connectivity index (χ0) is 22.5. The van der Waals surface area contributed by atoms with Crippen LogP contribution in [-0.2, 0) is 4.74 Å². The van der Waals surface area contributed by atoms with E-state index in [0.717, 1.165) is 22.3 Å². The Balaban J connectivity index is 1.47. The number of ether oxygens (including phenoxy) is 1. The highest BCUT2D eigenvalue weighted by molar-refractivity contribution is 5.79. The van der Waals surface area contributed by atoms with E-state index in [1.54, 1.807) is 6.20 Å². The smallest absolute Gasteiger partial charge is 0.370 e. The highest BCUT2D eigenvalue weighted by Gasteiger charge is 2.49. The predicted octanol–water partition coefficient (Wildman–Crippen LogP) is 4.67. The van der Waals surface area contributed by atoms with Crippen LogP contribution in [0, 0.1) is 19.8 Å². The molecule has 168 valence electrons. The van der Waals surface area contributed by atoms with Gasteiger partial charge < -0.3 is 9.64 Å². The molecule has 3 aromatic heterocycles. The van der Waals surface area contributed by atoms with Gasteiger partial charge in [0.1, 0.15) is 6.10 Å². The summed E-state index contributed by atoms with van der Waals surface area (Å²) >= 11 is 0. The lowest BCUT2D eigenvalue weighted by molar-refractivity contribution is -0.197. The van der Waals surface area contributed by atoms with Crippen molar-refractivity contribution in [3.8, 4) is 0 Å². The largest absolute Gasteiger partial charge is 0.391 e. The number of halogens is 3. The van der Waals surface area contributed by atoms with E-state index in [9.17, 15) is 13.2 Å². The number of morpholine rings is 1. The quantitative estimate of drug-likeness (QED) is 0.586. The number of pyridine rings is 2. The maximum atomic E-state index is 13.1. The number of hydrogen-bond acceptors (Lipinski definition) is 6. The fourth-order valence-corrected chi connectivity index (χ4v) is 4.48. The van der Waals surface area contributed by atoms with Gasteiger partial charge in [-0.3, -0.25) is 4.98 Å². The number of nitrogens with zero attached hydrogens (tertiary/aromatic N) is 5. The van der Waals surface area contributed by atoms with Crippen molar-refractivity contribution < 1.29 is 17.9 Å². The van der Waals surface area contributed by atoms with Crippen molar-refractivity contribution in [1.82, 2.24) is 19.9 Å². The van der Waals surface area contributed by atoms with Crippen LogP contribution in [0.25, 0.3) is 11.0 Å². The summed E-state index contributed by atoms with van der Waals surface area (Å²) < 4.78 is 45.2. The Morgan fingerprint density at radius 2 is 1.84 bits per heavy atom. The first-order valence-electron chi connectivity index (χ1n) is 10.8. The third-order valence-electron chi connectivity index (χ3n) is 6.35. The molecule has 0 unspecified atom stereocenters. The van der Waals surface area contributed by atoms with Gasteiger partial charge in [0.05, 0.1) is 24.8 Å². The number of aryl methyl sites for hydroxylation is 2. The Kier molecular flexibility index (Phi) is 5.23. The molecule has 32 heavy (non-hydrogen) atoms. The normalized spacial score (nSPS) is 23.9. The first-order valence-corrected chi connectivity index (χ1v) is 10.8. The summed E-state index contributed by atoms with van der Waals surface area (Å²) in [5.41, 5.74) is 3.95. The van der Waals surface area contributed by atoms with E-state index in [0.29, 0.717) is 37.0 Å². The molecule has 0 aromatic carbocycles. The van der Waals surface area contributed by atoms with Gasteiger partial charge in [0.25, 0.3) is 0 Å². The zero-order valence-corrected chi connectivity index (χ0v) is 17.9. The van der Waals surface area contributed by atoms with Crippen LogP contribution in [0.2, 0.25) is 0 Å². The average molecular weight is 443 g/mol. The van der Waals surface area contributed by atoms with Crippen LogP contribution < -0.4 is 4.90 Å². The van der Waals surface area contributed by atoms with Crippen LogP contribution in [-0.4, -0.2) is 45.8 Å². The molecule has 1 saturated carbocycles. The molecule has 1 saturated heterocycles. The van der Waals surface area contributed by atoms with Crippen LogP contribution in [0.5, 0.6) is 0 Å².